The molecule has 0 aromatic carbocycles. The SMILES string of the molecule is CC1=C(C)C(C)(P2OC2C)C(C)=C1C. The van der Waals surface area contributed by atoms with Crippen LogP contribution in [-0.4, -0.2) is 11.0 Å². The van der Waals surface area contributed by atoms with Crippen LogP contribution in [0.2, 0.25) is 0 Å². The van der Waals surface area contributed by atoms with Crippen LogP contribution in [0.5, 0.6) is 0 Å². The van der Waals surface area contributed by atoms with Gasteiger partial charge in [0.2, 0.25) is 0 Å². The minimum absolute atomic E-state index is 0.239. The van der Waals surface area contributed by atoms with E-state index in [1.807, 2.05) is 0 Å². The summed E-state index contributed by atoms with van der Waals surface area (Å²) < 4.78 is 5.74. The van der Waals surface area contributed by atoms with Gasteiger partial charge >= 0.3 is 0 Å². The molecule has 2 rings (SSSR count). The maximum Gasteiger partial charge on any atom is 0.104 e. The van der Waals surface area contributed by atoms with Crippen LogP contribution in [0.15, 0.2) is 22.3 Å². The molecule has 0 spiro atoms. The molecular weight excluding hydrogens is 191 g/mol. The lowest BCUT2D eigenvalue weighted by molar-refractivity contribution is 0.478. The zero-order valence-corrected chi connectivity index (χ0v) is 10.8. The second kappa shape index (κ2) is 2.93. The summed E-state index contributed by atoms with van der Waals surface area (Å²) in [6, 6.07) is 0. The fraction of sp³-hybridized carbons (Fsp3) is 0.667. The van der Waals surface area contributed by atoms with Gasteiger partial charge < -0.3 is 4.52 Å². The molecule has 0 bridgehead atoms. The van der Waals surface area contributed by atoms with E-state index in [2.05, 4.69) is 41.5 Å². The summed E-state index contributed by atoms with van der Waals surface area (Å²) in [6.07, 6.45) is 0. The first-order valence-electron chi connectivity index (χ1n) is 5.23. The van der Waals surface area contributed by atoms with Crippen LogP contribution in [0.4, 0.5) is 0 Å². The van der Waals surface area contributed by atoms with Crippen molar-refractivity contribution in [3.63, 3.8) is 0 Å². The summed E-state index contributed by atoms with van der Waals surface area (Å²) >= 11 is 0. The van der Waals surface area contributed by atoms with Gasteiger partial charge in [-0.25, -0.2) is 0 Å². The van der Waals surface area contributed by atoms with Crippen LogP contribution in [0.3, 0.4) is 0 Å². The Balaban J connectivity index is 2.46. The van der Waals surface area contributed by atoms with Gasteiger partial charge in [-0.15, -0.1) is 0 Å². The summed E-state index contributed by atoms with van der Waals surface area (Å²) in [5, 5.41) is 0.239. The number of hydrogen-bond donors (Lipinski definition) is 0. The van der Waals surface area contributed by atoms with E-state index in [1.54, 1.807) is 0 Å². The van der Waals surface area contributed by atoms with Crippen molar-refractivity contribution in [2.45, 2.75) is 52.5 Å². The van der Waals surface area contributed by atoms with Crippen molar-refractivity contribution >= 4 is 8.15 Å². The highest BCUT2D eigenvalue weighted by atomic mass is 31.2. The molecule has 1 aliphatic heterocycles. The topological polar surface area (TPSA) is 12.5 Å². The van der Waals surface area contributed by atoms with Crippen LogP contribution < -0.4 is 0 Å². The summed E-state index contributed by atoms with van der Waals surface area (Å²) in [6.45, 7) is 13.6. The third kappa shape index (κ3) is 1.09. The van der Waals surface area contributed by atoms with Gasteiger partial charge in [0.15, 0.2) is 0 Å². The summed E-state index contributed by atoms with van der Waals surface area (Å²) in [4.78, 5) is 0. The van der Waals surface area contributed by atoms with Crippen LogP contribution >= 0.6 is 8.15 Å². The highest BCUT2D eigenvalue weighted by molar-refractivity contribution is 7.61. The molecule has 1 fully saturated rings. The molecule has 2 atom stereocenters. The normalized spacial score (nSPS) is 35.6. The van der Waals surface area contributed by atoms with Crippen LogP contribution in [0.25, 0.3) is 0 Å². The zero-order valence-electron chi connectivity index (χ0n) is 9.93. The molecule has 0 N–H and O–H groups in total. The average Bonchev–Trinajstić information content (AvgIpc) is 2.86. The third-order valence-electron chi connectivity index (χ3n) is 4.14. The van der Waals surface area contributed by atoms with Crippen LogP contribution in [0, 0.1) is 0 Å². The van der Waals surface area contributed by atoms with E-state index in [9.17, 15) is 0 Å². The Morgan fingerprint density at radius 2 is 1.43 bits per heavy atom. The quantitative estimate of drug-likeness (QED) is 0.466. The van der Waals surface area contributed by atoms with Gasteiger partial charge in [-0.1, -0.05) is 11.1 Å². The fourth-order valence-electron chi connectivity index (χ4n) is 2.51. The first-order valence-corrected chi connectivity index (χ1v) is 6.56. The monoisotopic (exact) mass is 210 g/mol. The van der Waals surface area contributed by atoms with Crippen LogP contribution in [0.1, 0.15) is 41.5 Å². The molecule has 2 aliphatic rings. The molecule has 1 nitrogen and oxygen atoms in total. The Morgan fingerprint density at radius 3 is 1.71 bits per heavy atom. The molecule has 14 heavy (non-hydrogen) atoms. The fourth-order valence-corrected chi connectivity index (χ4v) is 4.86. The molecule has 0 amide bonds. The Bertz CT molecular complexity index is 327. The summed E-state index contributed by atoms with van der Waals surface area (Å²) in [5.74, 6) is 0.499. The van der Waals surface area contributed by atoms with Gasteiger partial charge in [0.05, 0.1) is 13.3 Å². The van der Waals surface area contributed by atoms with Gasteiger partial charge in [0.25, 0.3) is 0 Å². The molecule has 2 heteroatoms. The van der Waals surface area contributed by atoms with Gasteiger partial charge in [-0.05, 0) is 52.7 Å². The molecule has 0 aromatic heterocycles. The van der Waals surface area contributed by atoms with Crippen molar-refractivity contribution in [2.75, 3.05) is 0 Å². The Labute approximate surface area is 88.1 Å². The molecule has 0 radical (unpaired) electrons. The predicted molar refractivity (Wildman–Crippen MR) is 62.6 cm³/mol. The van der Waals surface area contributed by atoms with Crippen molar-refractivity contribution in [3.8, 4) is 0 Å². The number of hydrogen-bond acceptors (Lipinski definition) is 1. The Hall–Kier alpha value is -0.130. The highest BCUT2D eigenvalue weighted by Gasteiger charge is 2.54. The smallest absolute Gasteiger partial charge is 0.104 e. The van der Waals surface area contributed by atoms with Crippen molar-refractivity contribution in [1.29, 1.82) is 0 Å². The van der Waals surface area contributed by atoms with E-state index in [0.717, 1.165) is 0 Å². The van der Waals surface area contributed by atoms with E-state index in [1.165, 1.54) is 22.3 Å². The maximum atomic E-state index is 5.74. The van der Waals surface area contributed by atoms with E-state index < -0.39 is 0 Å². The van der Waals surface area contributed by atoms with Gasteiger partial charge in [-0.3, -0.25) is 0 Å². The first-order chi connectivity index (χ1) is 6.40. The lowest BCUT2D eigenvalue weighted by atomic mass is 9.98. The summed E-state index contributed by atoms with van der Waals surface area (Å²) in [5.41, 5.74) is 6.02. The van der Waals surface area contributed by atoms with Crippen molar-refractivity contribution in [2.24, 2.45) is 0 Å². The standard InChI is InChI=1S/C12H19OP/c1-7-8(2)10(4)12(6,9(7)3)14-11(5)13-14/h11H,1-6H3. The minimum Gasteiger partial charge on any atom is -0.346 e. The minimum atomic E-state index is -0.243. The van der Waals surface area contributed by atoms with E-state index in [-0.39, 0.29) is 13.3 Å². The maximum absolute atomic E-state index is 5.74. The summed E-state index contributed by atoms with van der Waals surface area (Å²) in [7, 11) is -0.243. The molecular formula is C12H19OP. The van der Waals surface area contributed by atoms with Crippen molar-refractivity contribution in [3.05, 3.63) is 22.3 Å². The Morgan fingerprint density at radius 1 is 1.07 bits per heavy atom. The zero-order chi connectivity index (χ0) is 10.7. The number of allylic oxidation sites excluding steroid dienone is 4. The third-order valence-corrected chi connectivity index (χ3v) is 6.79. The first kappa shape index (κ1) is 10.4. The van der Waals surface area contributed by atoms with Crippen molar-refractivity contribution < 1.29 is 4.52 Å². The average molecular weight is 210 g/mol. The van der Waals surface area contributed by atoms with Gasteiger partial charge in [0.1, 0.15) is 5.85 Å². The molecule has 2 unspecified atom stereocenters. The lowest BCUT2D eigenvalue weighted by Crippen LogP contribution is -2.20. The van der Waals surface area contributed by atoms with Gasteiger partial charge in [0, 0.05) is 0 Å². The molecule has 78 valence electrons. The highest BCUT2D eigenvalue weighted by Crippen LogP contribution is 2.75. The van der Waals surface area contributed by atoms with E-state index >= 15 is 0 Å². The molecule has 0 aromatic rings. The van der Waals surface area contributed by atoms with Crippen molar-refractivity contribution in [1.82, 2.24) is 0 Å². The second-order valence-corrected chi connectivity index (χ2v) is 7.09. The number of rotatable bonds is 1. The van der Waals surface area contributed by atoms with Crippen LogP contribution in [-0.2, 0) is 4.52 Å². The predicted octanol–water partition coefficient (Wildman–Crippen LogP) is 4.20. The molecule has 1 aliphatic carbocycles. The molecule has 0 saturated carbocycles. The van der Waals surface area contributed by atoms with E-state index in [0.29, 0.717) is 5.85 Å². The second-order valence-electron chi connectivity index (χ2n) is 4.60. The largest absolute Gasteiger partial charge is 0.346 e. The van der Waals surface area contributed by atoms with E-state index in [4.69, 9.17) is 4.52 Å². The van der Waals surface area contributed by atoms with Gasteiger partial charge in [-0.2, -0.15) is 0 Å². The lowest BCUT2D eigenvalue weighted by Gasteiger charge is -2.26. The molecule has 1 heterocycles. The Kier molecular flexibility index (Phi) is 2.18. The molecule has 1 saturated heterocycles.